The number of hydrazine groups is 1. The lowest BCUT2D eigenvalue weighted by molar-refractivity contribution is 0.407. The van der Waals surface area contributed by atoms with Crippen molar-refractivity contribution in [3.05, 3.63) is 58.8 Å². The third-order valence-electron chi connectivity index (χ3n) is 4.55. The molecule has 0 aliphatic heterocycles. The average molecular weight is 282 g/mol. The van der Waals surface area contributed by atoms with E-state index in [1.807, 2.05) is 6.07 Å². The number of anilines is 1. The summed E-state index contributed by atoms with van der Waals surface area (Å²) >= 11 is 0. The van der Waals surface area contributed by atoms with Gasteiger partial charge in [0.2, 0.25) is 0 Å². The maximum atomic E-state index is 6.12. The van der Waals surface area contributed by atoms with E-state index < -0.39 is 0 Å². The molecule has 21 heavy (non-hydrogen) atoms. The molecule has 1 heterocycles. The van der Waals surface area contributed by atoms with Crippen molar-refractivity contribution in [3.63, 3.8) is 0 Å². The average Bonchev–Trinajstić information content (AvgIpc) is 2.51. The van der Waals surface area contributed by atoms with Crippen LogP contribution in [-0.4, -0.2) is 4.98 Å². The van der Waals surface area contributed by atoms with Crippen molar-refractivity contribution in [2.45, 2.75) is 38.1 Å². The molecule has 110 valence electrons. The summed E-state index contributed by atoms with van der Waals surface area (Å²) in [7, 11) is 0. The first-order valence-corrected chi connectivity index (χ1v) is 7.47. The van der Waals surface area contributed by atoms with Crippen LogP contribution in [-0.2, 0) is 6.42 Å². The van der Waals surface area contributed by atoms with Gasteiger partial charge in [-0.2, -0.15) is 0 Å². The topological polar surface area (TPSA) is 77.0 Å². The molecular weight excluding hydrogens is 260 g/mol. The SMILES string of the molecule is Cc1ccnc(N)c1C(NN)C1CCCc2ccccc21. The summed E-state index contributed by atoms with van der Waals surface area (Å²) in [6, 6.07) is 10.6. The standard InChI is InChI=1S/C17H22N4/c1-11-9-10-20-17(18)15(11)16(21-19)14-8-4-6-12-5-2-3-7-13(12)14/h2-3,5,7,9-10,14,16,21H,4,6,8,19H2,1H3,(H2,18,20). The van der Waals surface area contributed by atoms with Crippen LogP contribution in [0.1, 0.15) is 47.1 Å². The minimum Gasteiger partial charge on any atom is -0.383 e. The van der Waals surface area contributed by atoms with Crippen LogP contribution in [0.3, 0.4) is 0 Å². The second-order valence-corrected chi connectivity index (χ2v) is 5.77. The number of aryl methyl sites for hydroxylation is 2. The number of hydrogen-bond donors (Lipinski definition) is 3. The Labute approximate surface area is 125 Å². The van der Waals surface area contributed by atoms with Crippen molar-refractivity contribution in [2.75, 3.05) is 5.73 Å². The summed E-state index contributed by atoms with van der Waals surface area (Å²) < 4.78 is 0. The molecule has 0 saturated heterocycles. The fraction of sp³-hybridized carbons (Fsp3) is 0.353. The van der Waals surface area contributed by atoms with E-state index >= 15 is 0 Å². The zero-order valence-electron chi connectivity index (χ0n) is 12.3. The molecular formula is C17H22N4. The van der Waals surface area contributed by atoms with Crippen LogP contribution in [0.4, 0.5) is 5.82 Å². The molecule has 4 heteroatoms. The van der Waals surface area contributed by atoms with Gasteiger partial charge in [0.15, 0.2) is 0 Å². The molecule has 1 aliphatic carbocycles. The Morgan fingerprint density at radius 1 is 1.29 bits per heavy atom. The normalized spacial score (nSPS) is 19.0. The number of pyridine rings is 1. The van der Waals surface area contributed by atoms with E-state index in [0.717, 1.165) is 24.0 Å². The van der Waals surface area contributed by atoms with Crippen LogP contribution in [0.5, 0.6) is 0 Å². The van der Waals surface area contributed by atoms with Gasteiger partial charge in [-0.15, -0.1) is 0 Å². The highest BCUT2D eigenvalue weighted by Crippen LogP contribution is 2.41. The number of rotatable bonds is 3. The first-order chi connectivity index (χ1) is 10.2. The molecule has 1 aromatic carbocycles. The fourth-order valence-corrected chi connectivity index (χ4v) is 3.53. The molecule has 0 spiro atoms. The Kier molecular flexibility index (Phi) is 3.90. The maximum Gasteiger partial charge on any atom is 0.128 e. The largest absolute Gasteiger partial charge is 0.383 e. The molecule has 3 rings (SSSR count). The van der Waals surface area contributed by atoms with E-state index in [-0.39, 0.29) is 6.04 Å². The Morgan fingerprint density at radius 2 is 2.10 bits per heavy atom. The van der Waals surface area contributed by atoms with Crippen LogP contribution in [0.15, 0.2) is 36.5 Å². The number of nitrogen functional groups attached to an aromatic ring is 1. The zero-order chi connectivity index (χ0) is 14.8. The van der Waals surface area contributed by atoms with Crippen molar-refractivity contribution < 1.29 is 0 Å². The second-order valence-electron chi connectivity index (χ2n) is 5.77. The number of nitrogens with zero attached hydrogens (tertiary/aromatic N) is 1. The summed E-state index contributed by atoms with van der Waals surface area (Å²) in [5, 5.41) is 0. The van der Waals surface area contributed by atoms with Crippen LogP contribution >= 0.6 is 0 Å². The van der Waals surface area contributed by atoms with Crippen LogP contribution < -0.4 is 17.0 Å². The molecule has 0 saturated carbocycles. The molecule has 2 aromatic rings. The Balaban J connectivity index is 2.06. The summed E-state index contributed by atoms with van der Waals surface area (Å²) in [5.74, 6) is 6.81. The number of fused-ring (bicyclic) bond motifs is 1. The molecule has 1 aliphatic rings. The van der Waals surface area contributed by atoms with Gasteiger partial charge >= 0.3 is 0 Å². The Hall–Kier alpha value is -1.91. The quantitative estimate of drug-likeness (QED) is 0.597. The van der Waals surface area contributed by atoms with Crippen molar-refractivity contribution in [2.24, 2.45) is 5.84 Å². The van der Waals surface area contributed by atoms with E-state index in [1.54, 1.807) is 6.20 Å². The second kappa shape index (κ2) is 5.84. The van der Waals surface area contributed by atoms with Gasteiger partial charge in [-0.25, -0.2) is 4.98 Å². The molecule has 5 N–H and O–H groups in total. The zero-order valence-corrected chi connectivity index (χ0v) is 12.3. The lowest BCUT2D eigenvalue weighted by Crippen LogP contribution is -2.35. The van der Waals surface area contributed by atoms with Gasteiger partial charge in [-0.3, -0.25) is 11.3 Å². The van der Waals surface area contributed by atoms with Gasteiger partial charge in [0.25, 0.3) is 0 Å². The predicted molar refractivity (Wildman–Crippen MR) is 85.6 cm³/mol. The van der Waals surface area contributed by atoms with Crippen LogP contribution in [0, 0.1) is 6.92 Å². The summed E-state index contributed by atoms with van der Waals surface area (Å²) in [6.07, 6.45) is 5.18. The van der Waals surface area contributed by atoms with Gasteiger partial charge in [0.05, 0.1) is 6.04 Å². The van der Waals surface area contributed by atoms with Gasteiger partial charge in [-0.05, 0) is 48.9 Å². The van der Waals surface area contributed by atoms with Crippen LogP contribution in [0.25, 0.3) is 0 Å². The predicted octanol–water partition coefficient (Wildman–Crippen LogP) is 2.60. The molecule has 0 bridgehead atoms. The van der Waals surface area contributed by atoms with E-state index in [2.05, 4.69) is 41.6 Å². The summed E-state index contributed by atoms with van der Waals surface area (Å²) in [6.45, 7) is 2.06. The van der Waals surface area contributed by atoms with E-state index in [0.29, 0.717) is 11.7 Å². The lowest BCUT2D eigenvalue weighted by Gasteiger charge is -2.33. The van der Waals surface area contributed by atoms with E-state index in [4.69, 9.17) is 11.6 Å². The molecule has 0 amide bonds. The molecule has 0 radical (unpaired) electrons. The lowest BCUT2D eigenvalue weighted by atomic mass is 9.76. The number of hydrogen-bond acceptors (Lipinski definition) is 4. The number of aromatic nitrogens is 1. The molecule has 2 unspecified atom stereocenters. The van der Waals surface area contributed by atoms with E-state index in [9.17, 15) is 0 Å². The third kappa shape index (κ3) is 2.52. The van der Waals surface area contributed by atoms with Gasteiger partial charge in [0.1, 0.15) is 5.82 Å². The Bertz CT molecular complexity index is 618. The highest BCUT2D eigenvalue weighted by atomic mass is 15.2. The van der Waals surface area contributed by atoms with Gasteiger partial charge < -0.3 is 5.73 Å². The molecule has 1 aromatic heterocycles. The molecule has 0 fully saturated rings. The highest BCUT2D eigenvalue weighted by Gasteiger charge is 2.30. The number of nitrogens with two attached hydrogens (primary N) is 2. The fourth-order valence-electron chi connectivity index (χ4n) is 3.53. The maximum absolute atomic E-state index is 6.12. The Morgan fingerprint density at radius 3 is 2.86 bits per heavy atom. The van der Waals surface area contributed by atoms with Crippen molar-refractivity contribution in [3.8, 4) is 0 Å². The van der Waals surface area contributed by atoms with Crippen molar-refractivity contribution in [1.29, 1.82) is 0 Å². The smallest absolute Gasteiger partial charge is 0.128 e. The van der Waals surface area contributed by atoms with Crippen LogP contribution in [0.2, 0.25) is 0 Å². The summed E-state index contributed by atoms with van der Waals surface area (Å²) in [4.78, 5) is 4.24. The number of nitrogens with one attached hydrogen (secondary N) is 1. The number of benzene rings is 1. The highest BCUT2D eigenvalue weighted by molar-refractivity contribution is 5.48. The first-order valence-electron chi connectivity index (χ1n) is 7.47. The first kappa shape index (κ1) is 14.0. The van der Waals surface area contributed by atoms with Gasteiger partial charge in [0, 0.05) is 17.7 Å². The van der Waals surface area contributed by atoms with Gasteiger partial charge in [-0.1, -0.05) is 24.3 Å². The minimum atomic E-state index is 0.000139. The molecule has 2 atom stereocenters. The van der Waals surface area contributed by atoms with Crippen molar-refractivity contribution >= 4 is 5.82 Å². The third-order valence-corrected chi connectivity index (χ3v) is 4.55. The van der Waals surface area contributed by atoms with E-state index in [1.165, 1.54) is 17.5 Å². The monoisotopic (exact) mass is 282 g/mol. The minimum absolute atomic E-state index is 0.000139. The molecule has 4 nitrogen and oxygen atoms in total. The van der Waals surface area contributed by atoms with Crippen molar-refractivity contribution in [1.82, 2.24) is 10.4 Å². The summed E-state index contributed by atoms with van der Waals surface area (Å²) in [5.41, 5.74) is 14.1.